The second-order valence-electron chi connectivity index (χ2n) is 7.75. The Morgan fingerprint density at radius 1 is 0.933 bits per heavy atom. The quantitative estimate of drug-likeness (QED) is 0.577. The van der Waals surface area contributed by atoms with Crippen molar-refractivity contribution in [3.05, 3.63) is 83.7 Å². The molecule has 6 nitrogen and oxygen atoms in total. The molecule has 6 heteroatoms. The third-order valence-corrected chi connectivity index (χ3v) is 5.74. The van der Waals surface area contributed by atoms with E-state index < -0.39 is 0 Å². The van der Waals surface area contributed by atoms with Crippen molar-refractivity contribution in [1.29, 1.82) is 0 Å². The predicted octanol–water partition coefficient (Wildman–Crippen LogP) is 3.50. The van der Waals surface area contributed by atoms with E-state index in [-0.39, 0.29) is 6.04 Å². The molecule has 1 atom stereocenters. The monoisotopic (exact) mass is 402 g/mol. The lowest BCUT2D eigenvalue weighted by Gasteiger charge is -2.38. The zero-order valence-corrected chi connectivity index (χ0v) is 17.6. The van der Waals surface area contributed by atoms with Crippen LogP contribution < -0.4 is 0 Å². The van der Waals surface area contributed by atoms with Crippen LogP contribution in [0.2, 0.25) is 0 Å². The summed E-state index contributed by atoms with van der Waals surface area (Å²) in [6.07, 6.45) is 5.48. The summed E-state index contributed by atoms with van der Waals surface area (Å²) in [5.74, 6) is 0.971. The highest BCUT2D eigenvalue weighted by molar-refractivity contribution is 5.48. The highest BCUT2D eigenvalue weighted by Gasteiger charge is 2.27. The van der Waals surface area contributed by atoms with E-state index in [0.29, 0.717) is 6.54 Å². The summed E-state index contributed by atoms with van der Waals surface area (Å²) in [6, 6.07) is 21.1. The van der Waals surface area contributed by atoms with Crippen LogP contribution in [0.3, 0.4) is 0 Å². The average Bonchev–Trinajstić information content (AvgIpc) is 3.24. The summed E-state index contributed by atoms with van der Waals surface area (Å²) in [5.41, 5.74) is 2.48. The molecule has 1 fully saturated rings. The maximum absolute atomic E-state index is 4.40. The number of tetrazole rings is 1. The van der Waals surface area contributed by atoms with Crippen LogP contribution >= 0.6 is 0 Å². The molecule has 0 saturated carbocycles. The summed E-state index contributed by atoms with van der Waals surface area (Å²) >= 11 is 0. The molecule has 3 aromatic rings. The van der Waals surface area contributed by atoms with Gasteiger partial charge < -0.3 is 0 Å². The molecule has 0 aliphatic carbocycles. The van der Waals surface area contributed by atoms with Gasteiger partial charge in [0, 0.05) is 32.7 Å². The molecule has 2 heterocycles. The van der Waals surface area contributed by atoms with Crippen LogP contribution in [0.1, 0.15) is 36.3 Å². The smallest absolute Gasteiger partial charge is 0.168 e. The highest BCUT2D eigenvalue weighted by Crippen LogP contribution is 2.23. The minimum absolute atomic E-state index is 0.255. The fraction of sp³-hybridized carbons (Fsp3) is 0.375. The van der Waals surface area contributed by atoms with E-state index in [4.69, 9.17) is 0 Å². The Hall–Kier alpha value is -2.83. The first-order valence-corrected chi connectivity index (χ1v) is 10.8. The molecular weight excluding hydrogens is 372 g/mol. The van der Waals surface area contributed by atoms with Crippen molar-refractivity contribution >= 4 is 6.08 Å². The molecule has 1 aliphatic rings. The molecule has 0 N–H and O–H groups in total. The van der Waals surface area contributed by atoms with Crippen LogP contribution in [0.5, 0.6) is 0 Å². The van der Waals surface area contributed by atoms with Gasteiger partial charge in [-0.3, -0.25) is 9.80 Å². The first kappa shape index (κ1) is 20.4. The minimum Gasteiger partial charge on any atom is -0.297 e. The van der Waals surface area contributed by atoms with Gasteiger partial charge in [0.1, 0.15) is 0 Å². The van der Waals surface area contributed by atoms with E-state index in [9.17, 15) is 0 Å². The number of aromatic nitrogens is 4. The third-order valence-electron chi connectivity index (χ3n) is 5.74. The van der Waals surface area contributed by atoms with E-state index in [1.54, 1.807) is 0 Å². The van der Waals surface area contributed by atoms with E-state index in [2.05, 4.69) is 99.0 Å². The second kappa shape index (κ2) is 10.3. The highest BCUT2D eigenvalue weighted by atomic mass is 15.6. The molecule has 1 unspecified atom stereocenters. The van der Waals surface area contributed by atoms with Gasteiger partial charge in [-0.2, -0.15) is 0 Å². The first-order chi connectivity index (χ1) is 14.8. The van der Waals surface area contributed by atoms with Crippen LogP contribution in [0.15, 0.2) is 66.7 Å². The normalized spacial score (nSPS) is 16.8. The molecular formula is C24H30N6. The molecule has 0 spiro atoms. The van der Waals surface area contributed by atoms with Gasteiger partial charge in [0.2, 0.25) is 0 Å². The Labute approximate surface area is 178 Å². The number of hydrogen-bond acceptors (Lipinski definition) is 5. The van der Waals surface area contributed by atoms with Crippen LogP contribution in [0, 0.1) is 0 Å². The van der Waals surface area contributed by atoms with Gasteiger partial charge >= 0.3 is 0 Å². The number of benzene rings is 2. The largest absolute Gasteiger partial charge is 0.297 e. The average molecular weight is 403 g/mol. The van der Waals surface area contributed by atoms with E-state index in [1.807, 2.05) is 10.7 Å². The fourth-order valence-corrected chi connectivity index (χ4v) is 4.08. The first-order valence-electron chi connectivity index (χ1n) is 10.8. The Bertz CT molecular complexity index is 913. The van der Waals surface area contributed by atoms with Crippen molar-refractivity contribution < 1.29 is 0 Å². The van der Waals surface area contributed by atoms with Crippen LogP contribution in [-0.4, -0.2) is 62.7 Å². The van der Waals surface area contributed by atoms with Crippen LogP contribution in [0.25, 0.3) is 6.08 Å². The van der Waals surface area contributed by atoms with Gasteiger partial charge in [-0.15, -0.1) is 5.10 Å². The lowest BCUT2D eigenvalue weighted by molar-refractivity contribution is 0.0949. The van der Waals surface area contributed by atoms with Crippen molar-refractivity contribution in [3.8, 4) is 0 Å². The number of hydrogen-bond donors (Lipinski definition) is 0. The zero-order valence-electron chi connectivity index (χ0n) is 17.6. The number of rotatable bonds is 8. The Morgan fingerprint density at radius 2 is 1.63 bits per heavy atom. The Balaban J connectivity index is 1.33. The summed E-state index contributed by atoms with van der Waals surface area (Å²) in [5, 5.41) is 12.6. The van der Waals surface area contributed by atoms with Gasteiger partial charge in [0.05, 0.1) is 12.6 Å². The van der Waals surface area contributed by atoms with Crippen molar-refractivity contribution in [2.24, 2.45) is 0 Å². The minimum atomic E-state index is 0.255. The zero-order chi connectivity index (χ0) is 20.6. The van der Waals surface area contributed by atoms with Gasteiger partial charge in [-0.1, -0.05) is 79.7 Å². The van der Waals surface area contributed by atoms with Gasteiger partial charge in [0.25, 0.3) is 0 Å². The van der Waals surface area contributed by atoms with Crippen LogP contribution in [-0.2, 0) is 6.54 Å². The van der Waals surface area contributed by atoms with Crippen molar-refractivity contribution in [2.45, 2.75) is 25.9 Å². The molecule has 1 aromatic heterocycles. The molecule has 1 saturated heterocycles. The second-order valence-corrected chi connectivity index (χ2v) is 7.75. The molecule has 156 valence electrons. The van der Waals surface area contributed by atoms with Crippen molar-refractivity contribution in [3.63, 3.8) is 0 Å². The maximum Gasteiger partial charge on any atom is 0.168 e. The lowest BCUT2D eigenvalue weighted by atomic mass is 10.1. The summed E-state index contributed by atoms with van der Waals surface area (Å²) in [4.78, 5) is 5.04. The van der Waals surface area contributed by atoms with Gasteiger partial charge in [-0.05, 0) is 28.0 Å². The summed E-state index contributed by atoms with van der Waals surface area (Å²) < 4.78 is 1.96. The summed E-state index contributed by atoms with van der Waals surface area (Å²) in [7, 11) is 0. The lowest BCUT2D eigenvalue weighted by Crippen LogP contribution is -2.47. The van der Waals surface area contributed by atoms with Gasteiger partial charge in [-0.25, -0.2) is 4.68 Å². The van der Waals surface area contributed by atoms with Gasteiger partial charge in [0.15, 0.2) is 5.82 Å². The molecule has 0 amide bonds. The number of nitrogens with zero attached hydrogens (tertiary/aromatic N) is 6. The van der Waals surface area contributed by atoms with Crippen molar-refractivity contribution in [1.82, 2.24) is 30.0 Å². The molecule has 0 bridgehead atoms. The summed E-state index contributed by atoms with van der Waals surface area (Å²) in [6.45, 7) is 8.13. The van der Waals surface area contributed by atoms with E-state index in [0.717, 1.165) is 45.0 Å². The Kier molecular flexibility index (Phi) is 7.00. The third kappa shape index (κ3) is 5.20. The van der Waals surface area contributed by atoms with Crippen LogP contribution in [0.4, 0.5) is 0 Å². The molecule has 0 radical (unpaired) electrons. The van der Waals surface area contributed by atoms with Crippen molar-refractivity contribution in [2.75, 3.05) is 32.7 Å². The number of piperazine rings is 1. The maximum atomic E-state index is 4.40. The standard InChI is InChI=1S/C24H30N6/c1-2-23(24-25-26-27-30(24)20-22-12-7-4-8-13-22)29-18-16-28(17-19-29)15-9-14-21-10-5-3-6-11-21/h3-14,23H,2,15-20H2,1H3/b14-9+. The molecule has 4 rings (SSSR count). The van der Waals surface area contributed by atoms with E-state index >= 15 is 0 Å². The molecule has 1 aliphatic heterocycles. The molecule has 30 heavy (non-hydrogen) atoms. The fourth-order valence-electron chi connectivity index (χ4n) is 4.08. The predicted molar refractivity (Wildman–Crippen MR) is 120 cm³/mol. The SMILES string of the molecule is CCC(c1nnnn1Cc1ccccc1)N1CCN(C/C=C/c2ccccc2)CC1. The molecule has 2 aromatic carbocycles. The van der Waals surface area contributed by atoms with E-state index in [1.165, 1.54) is 11.1 Å². The Morgan fingerprint density at radius 3 is 2.33 bits per heavy atom. The topological polar surface area (TPSA) is 50.1 Å².